The molecular weight excluding hydrogens is 228 g/mol. The van der Waals surface area contributed by atoms with Crippen LogP contribution in [0, 0.1) is 11.8 Å². The maximum absolute atomic E-state index is 11.8. The number of rotatable bonds is 5. The Morgan fingerprint density at radius 3 is 2.72 bits per heavy atom. The van der Waals surface area contributed by atoms with Crippen LogP contribution < -0.4 is 5.32 Å². The summed E-state index contributed by atoms with van der Waals surface area (Å²) in [7, 11) is 0. The van der Waals surface area contributed by atoms with Crippen LogP contribution in [-0.4, -0.2) is 48.7 Å². The lowest BCUT2D eigenvalue weighted by molar-refractivity contribution is -0.124. The minimum atomic E-state index is 0.253. The fourth-order valence-corrected chi connectivity index (χ4v) is 3.17. The van der Waals surface area contributed by atoms with Gasteiger partial charge in [0.1, 0.15) is 0 Å². The molecule has 2 aliphatic rings. The number of nitrogens with zero attached hydrogens (tertiary/aromatic N) is 1. The van der Waals surface area contributed by atoms with E-state index in [2.05, 4.69) is 10.2 Å². The number of hydrogen-bond acceptors (Lipinski definition) is 3. The highest BCUT2D eigenvalue weighted by Crippen LogP contribution is 2.24. The maximum Gasteiger partial charge on any atom is 0.223 e. The molecule has 0 unspecified atom stereocenters. The molecule has 0 radical (unpaired) electrons. The lowest BCUT2D eigenvalue weighted by Crippen LogP contribution is -2.42. The second-order valence-corrected chi connectivity index (χ2v) is 5.76. The van der Waals surface area contributed by atoms with Crippen molar-refractivity contribution in [1.82, 2.24) is 10.2 Å². The summed E-state index contributed by atoms with van der Waals surface area (Å²) in [6.07, 6.45) is 6.87. The summed E-state index contributed by atoms with van der Waals surface area (Å²) in [5.41, 5.74) is 0. The largest absolute Gasteiger partial charge is 0.396 e. The van der Waals surface area contributed by atoms with Crippen LogP contribution in [0.4, 0.5) is 0 Å². The van der Waals surface area contributed by atoms with Crippen LogP contribution in [0.3, 0.4) is 0 Å². The molecule has 1 aliphatic carbocycles. The van der Waals surface area contributed by atoms with E-state index in [0.717, 1.165) is 45.4 Å². The number of carbonyl (C=O) groups is 1. The Bertz CT molecular complexity index is 265. The van der Waals surface area contributed by atoms with Crippen LogP contribution >= 0.6 is 0 Å². The van der Waals surface area contributed by atoms with Crippen molar-refractivity contribution in [3.63, 3.8) is 0 Å². The summed E-state index contributed by atoms with van der Waals surface area (Å²) < 4.78 is 0. The van der Waals surface area contributed by atoms with Crippen molar-refractivity contribution in [2.45, 2.75) is 38.5 Å². The zero-order valence-electron chi connectivity index (χ0n) is 11.2. The molecule has 2 N–H and O–H groups in total. The topological polar surface area (TPSA) is 52.6 Å². The summed E-state index contributed by atoms with van der Waals surface area (Å²) in [5.74, 6) is 0.962. The van der Waals surface area contributed by atoms with Gasteiger partial charge in [-0.15, -0.1) is 0 Å². The molecule has 4 heteroatoms. The van der Waals surface area contributed by atoms with Crippen molar-refractivity contribution in [3.8, 4) is 0 Å². The van der Waals surface area contributed by atoms with Crippen LogP contribution in [-0.2, 0) is 4.79 Å². The smallest absolute Gasteiger partial charge is 0.223 e. The Hall–Kier alpha value is -0.610. The normalized spacial score (nSPS) is 26.4. The Morgan fingerprint density at radius 1 is 1.22 bits per heavy atom. The van der Waals surface area contributed by atoms with E-state index in [4.69, 9.17) is 5.11 Å². The third-order valence-electron chi connectivity index (χ3n) is 4.31. The van der Waals surface area contributed by atoms with Crippen molar-refractivity contribution < 1.29 is 9.90 Å². The van der Waals surface area contributed by atoms with Crippen molar-refractivity contribution in [2.24, 2.45) is 11.8 Å². The molecular formula is C14H26N2O2. The van der Waals surface area contributed by atoms with Gasteiger partial charge < -0.3 is 15.3 Å². The van der Waals surface area contributed by atoms with Gasteiger partial charge in [-0.25, -0.2) is 0 Å². The maximum atomic E-state index is 11.8. The molecule has 1 atom stereocenters. The van der Waals surface area contributed by atoms with E-state index in [0.29, 0.717) is 12.5 Å². The van der Waals surface area contributed by atoms with Crippen LogP contribution in [0.5, 0.6) is 0 Å². The van der Waals surface area contributed by atoms with Crippen molar-refractivity contribution in [3.05, 3.63) is 0 Å². The molecule has 0 aromatic rings. The number of carbonyl (C=O) groups excluding carboxylic acids is 1. The Kier molecular flexibility index (Phi) is 5.45. The first kappa shape index (κ1) is 13.8. The van der Waals surface area contributed by atoms with E-state index in [-0.39, 0.29) is 11.8 Å². The van der Waals surface area contributed by atoms with Gasteiger partial charge in [0.05, 0.1) is 0 Å². The number of amides is 1. The Labute approximate surface area is 110 Å². The van der Waals surface area contributed by atoms with Gasteiger partial charge >= 0.3 is 0 Å². The van der Waals surface area contributed by atoms with Gasteiger partial charge in [-0.05, 0) is 38.1 Å². The lowest BCUT2D eigenvalue weighted by Gasteiger charge is -2.31. The van der Waals surface area contributed by atoms with Crippen molar-refractivity contribution >= 4 is 5.91 Å². The van der Waals surface area contributed by atoms with Crippen LogP contribution in [0.25, 0.3) is 0 Å². The standard InChI is InChI=1S/C14H26N2O2/c17-11-12-4-3-8-16(10-12)9-7-15-14(18)13-5-1-2-6-13/h12-13,17H,1-11H2,(H,15,18)/t12-/m0/s1. The highest BCUT2D eigenvalue weighted by molar-refractivity contribution is 5.78. The van der Waals surface area contributed by atoms with Crippen LogP contribution in [0.15, 0.2) is 0 Å². The van der Waals surface area contributed by atoms with E-state index in [1.807, 2.05) is 0 Å². The molecule has 1 amide bonds. The predicted octanol–water partition coefficient (Wildman–Crippen LogP) is 0.997. The first-order valence-electron chi connectivity index (χ1n) is 7.40. The highest BCUT2D eigenvalue weighted by Gasteiger charge is 2.23. The molecule has 2 fully saturated rings. The van der Waals surface area contributed by atoms with E-state index in [1.54, 1.807) is 0 Å². The molecule has 1 aliphatic heterocycles. The summed E-state index contributed by atoms with van der Waals surface area (Å²) in [5, 5.41) is 12.2. The van der Waals surface area contributed by atoms with Gasteiger partial charge in [-0.1, -0.05) is 12.8 Å². The second kappa shape index (κ2) is 7.10. The number of piperidine rings is 1. The average molecular weight is 254 g/mol. The SMILES string of the molecule is O=C(NCCN1CCC[C@H](CO)C1)C1CCCC1. The third kappa shape index (κ3) is 3.95. The van der Waals surface area contributed by atoms with E-state index < -0.39 is 0 Å². The summed E-state index contributed by atoms with van der Waals surface area (Å²) >= 11 is 0. The van der Waals surface area contributed by atoms with E-state index >= 15 is 0 Å². The minimum absolute atomic E-state index is 0.253. The average Bonchev–Trinajstić information content (AvgIpc) is 2.93. The third-order valence-corrected chi connectivity index (χ3v) is 4.31. The second-order valence-electron chi connectivity index (χ2n) is 5.76. The van der Waals surface area contributed by atoms with Crippen molar-refractivity contribution in [2.75, 3.05) is 32.8 Å². The first-order valence-corrected chi connectivity index (χ1v) is 7.40. The zero-order valence-corrected chi connectivity index (χ0v) is 11.2. The predicted molar refractivity (Wildman–Crippen MR) is 71.2 cm³/mol. The molecule has 1 saturated heterocycles. The van der Waals surface area contributed by atoms with Gasteiger partial charge in [-0.3, -0.25) is 4.79 Å². The zero-order chi connectivity index (χ0) is 12.8. The number of hydrogen-bond donors (Lipinski definition) is 2. The van der Waals surface area contributed by atoms with Gasteiger partial charge in [-0.2, -0.15) is 0 Å². The fraction of sp³-hybridized carbons (Fsp3) is 0.929. The van der Waals surface area contributed by atoms with Crippen molar-refractivity contribution in [1.29, 1.82) is 0 Å². The van der Waals surface area contributed by atoms with Crippen LogP contribution in [0.2, 0.25) is 0 Å². The number of likely N-dealkylation sites (tertiary alicyclic amines) is 1. The summed E-state index contributed by atoms with van der Waals surface area (Å²) in [6, 6.07) is 0. The molecule has 0 spiro atoms. The summed E-state index contributed by atoms with van der Waals surface area (Å²) in [6.45, 7) is 4.07. The molecule has 2 rings (SSSR count). The monoisotopic (exact) mass is 254 g/mol. The van der Waals surface area contributed by atoms with E-state index in [1.165, 1.54) is 19.3 Å². The van der Waals surface area contributed by atoms with Gasteiger partial charge in [0.25, 0.3) is 0 Å². The lowest BCUT2D eigenvalue weighted by atomic mass is 9.99. The molecule has 0 aromatic carbocycles. The molecule has 18 heavy (non-hydrogen) atoms. The highest BCUT2D eigenvalue weighted by atomic mass is 16.3. The number of aliphatic hydroxyl groups excluding tert-OH is 1. The quantitative estimate of drug-likeness (QED) is 0.769. The fourth-order valence-electron chi connectivity index (χ4n) is 3.17. The van der Waals surface area contributed by atoms with Crippen LogP contribution in [0.1, 0.15) is 38.5 Å². The van der Waals surface area contributed by atoms with Gasteiger partial charge in [0.15, 0.2) is 0 Å². The van der Waals surface area contributed by atoms with Gasteiger partial charge in [0.2, 0.25) is 5.91 Å². The molecule has 0 bridgehead atoms. The first-order chi connectivity index (χ1) is 8.79. The molecule has 1 saturated carbocycles. The van der Waals surface area contributed by atoms with Gasteiger partial charge in [0, 0.05) is 32.2 Å². The molecule has 0 aromatic heterocycles. The molecule has 4 nitrogen and oxygen atoms in total. The minimum Gasteiger partial charge on any atom is -0.396 e. The van der Waals surface area contributed by atoms with E-state index in [9.17, 15) is 4.79 Å². The summed E-state index contributed by atoms with van der Waals surface area (Å²) in [4.78, 5) is 14.2. The number of aliphatic hydroxyl groups is 1. The Morgan fingerprint density at radius 2 is 2.00 bits per heavy atom. The molecule has 1 heterocycles. The Balaban J connectivity index is 1.61. The molecule has 104 valence electrons. The number of nitrogens with one attached hydrogen (secondary N) is 1.